The minimum absolute atomic E-state index is 0.206. The fourth-order valence-corrected chi connectivity index (χ4v) is 3.72. The molecule has 0 N–H and O–H groups in total. The number of halogens is 1. The first-order valence-electron chi connectivity index (χ1n) is 9.75. The zero-order valence-corrected chi connectivity index (χ0v) is 18.0. The number of rotatable bonds is 4. The van der Waals surface area contributed by atoms with E-state index in [1.54, 1.807) is 12.3 Å². The number of benzene rings is 3. The van der Waals surface area contributed by atoms with Crippen LogP contribution in [0.15, 0.2) is 112 Å². The minimum Gasteiger partial charge on any atom is -0.316 e. The molecule has 0 aliphatic carbocycles. The summed E-state index contributed by atoms with van der Waals surface area (Å²) in [5, 5.41) is 5.10. The summed E-state index contributed by atoms with van der Waals surface area (Å²) in [5.74, 6) is 0.502. The number of para-hydroxylation sites is 1. The average Bonchev–Trinajstić information content (AvgIpc) is 3.28. The Bertz CT molecular complexity index is 1450. The van der Waals surface area contributed by atoms with Crippen molar-refractivity contribution in [3.05, 3.63) is 118 Å². The maximum absolute atomic E-state index is 13.3. The Hall–Kier alpha value is -3.77. The van der Waals surface area contributed by atoms with Crippen molar-refractivity contribution < 1.29 is 0 Å². The van der Waals surface area contributed by atoms with Crippen molar-refractivity contribution in [1.29, 1.82) is 0 Å². The van der Waals surface area contributed by atoms with Gasteiger partial charge in [-0.2, -0.15) is 9.78 Å². The molecule has 0 atom stereocenters. The largest absolute Gasteiger partial charge is 0.316 e. The van der Waals surface area contributed by atoms with E-state index in [4.69, 9.17) is 4.98 Å². The molecule has 5 rings (SSSR count). The van der Waals surface area contributed by atoms with Gasteiger partial charge in [0.15, 0.2) is 5.82 Å². The van der Waals surface area contributed by atoms with Gasteiger partial charge in [-0.3, -0.25) is 4.79 Å². The van der Waals surface area contributed by atoms with Gasteiger partial charge in [0.05, 0.1) is 22.8 Å². The standard InChI is InChI=1S/C25H17BrN4O/c26-19-12-14-20(15-13-19)29-16-6-9-21(29)17-27-30-24(18-7-2-1-3-8-18)28-23-11-5-4-10-22(23)25(30)31/h1-17H. The van der Waals surface area contributed by atoms with Gasteiger partial charge in [0.25, 0.3) is 5.56 Å². The SMILES string of the molecule is O=c1c2ccccc2nc(-c2ccccc2)n1N=Cc1cccn1-c1ccc(Br)cc1. The van der Waals surface area contributed by atoms with E-state index in [9.17, 15) is 4.79 Å². The molecule has 3 aromatic carbocycles. The Morgan fingerprint density at radius 2 is 1.58 bits per heavy atom. The third-order valence-electron chi connectivity index (χ3n) is 4.98. The Balaban J connectivity index is 1.65. The van der Waals surface area contributed by atoms with E-state index < -0.39 is 0 Å². The molecule has 5 nitrogen and oxygen atoms in total. The van der Waals surface area contributed by atoms with Gasteiger partial charge in [-0.25, -0.2) is 4.98 Å². The van der Waals surface area contributed by atoms with Crippen molar-refractivity contribution in [3.8, 4) is 17.1 Å². The zero-order chi connectivity index (χ0) is 21.2. The molecule has 0 bridgehead atoms. The smallest absolute Gasteiger partial charge is 0.282 e. The molecule has 0 aliphatic rings. The van der Waals surface area contributed by atoms with E-state index in [0.717, 1.165) is 21.4 Å². The third kappa shape index (κ3) is 3.73. The van der Waals surface area contributed by atoms with Gasteiger partial charge in [0.1, 0.15) is 0 Å². The normalized spacial score (nSPS) is 11.4. The molecule has 0 fully saturated rings. The summed E-state index contributed by atoms with van der Waals surface area (Å²) in [6.07, 6.45) is 3.65. The first-order chi connectivity index (χ1) is 15.2. The van der Waals surface area contributed by atoms with Gasteiger partial charge in [0.2, 0.25) is 0 Å². The quantitative estimate of drug-likeness (QED) is 0.327. The van der Waals surface area contributed by atoms with Gasteiger partial charge in [-0.1, -0.05) is 58.4 Å². The van der Waals surface area contributed by atoms with Crippen LogP contribution in [0.3, 0.4) is 0 Å². The van der Waals surface area contributed by atoms with Gasteiger partial charge < -0.3 is 4.57 Å². The number of hydrogen-bond donors (Lipinski definition) is 0. The predicted octanol–water partition coefficient (Wildman–Crippen LogP) is 5.50. The van der Waals surface area contributed by atoms with E-state index >= 15 is 0 Å². The summed E-state index contributed by atoms with van der Waals surface area (Å²) in [4.78, 5) is 18.0. The molecule has 0 spiro atoms. The summed E-state index contributed by atoms with van der Waals surface area (Å²) >= 11 is 3.47. The lowest BCUT2D eigenvalue weighted by Gasteiger charge is -2.10. The highest BCUT2D eigenvalue weighted by atomic mass is 79.9. The minimum atomic E-state index is -0.206. The Kier molecular flexibility index (Phi) is 5.06. The maximum atomic E-state index is 13.3. The first-order valence-corrected chi connectivity index (χ1v) is 10.5. The van der Waals surface area contributed by atoms with Crippen molar-refractivity contribution in [2.45, 2.75) is 0 Å². The Morgan fingerprint density at radius 1 is 0.839 bits per heavy atom. The fourth-order valence-electron chi connectivity index (χ4n) is 3.46. The average molecular weight is 469 g/mol. The number of nitrogens with zero attached hydrogens (tertiary/aromatic N) is 4. The molecule has 2 heterocycles. The lowest BCUT2D eigenvalue weighted by atomic mass is 10.2. The number of hydrogen-bond acceptors (Lipinski definition) is 3. The number of fused-ring (bicyclic) bond motifs is 1. The highest BCUT2D eigenvalue weighted by Gasteiger charge is 2.12. The summed E-state index contributed by atoms with van der Waals surface area (Å²) < 4.78 is 4.40. The van der Waals surface area contributed by atoms with Crippen molar-refractivity contribution in [2.24, 2.45) is 5.10 Å². The van der Waals surface area contributed by atoms with Crippen LogP contribution in [0.2, 0.25) is 0 Å². The molecule has 6 heteroatoms. The molecule has 31 heavy (non-hydrogen) atoms. The Labute approximate surface area is 187 Å². The van der Waals surface area contributed by atoms with Crippen LogP contribution >= 0.6 is 15.9 Å². The molecule has 5 aromatic rings. The second-order valence-electron chi connectivity index (χ2n) is 6.96. The first kappa shape index (κ1) is 19.2. The van der Waals surface area contributed by atoms with Crippen molar-refractivity contribution in [2.75, 3.05) is 0 Å². The molecule has 2 aromatic heterocycles. The van der Waals surface area contributed by atoms with Crippen LogP contribution < -0.4 is 5.56 Å². The van der Waals surface area contributed by atoms with Crippen LogP contribution in [-0.2, 0) is 0 Å². The zero-order valence-electron chi connectivity index (χ0n) is 16.4. The van der Waals surface area contributed by atoms with Crippen LogP contribution in [0.25, 0.3) is 28.0 Å². The molecular weight excluding hydrogens is 452 g/mol. The topological polar surface area (TPSA) is 52.2 Å². The van der Waals surface area contributed by atoms with Gasteiger partial charge >= 0.3 is 0 Å². The maximum Gasteiger partial charge on any atom is 0.282 e. The van der Waals surface area contributed by atoms with Crippen molar-refractivity contribution >= 4 is 33.0 Å². The van der Waals surface area contributed by atoms with E-state index in [1.807, 2.05) is 95.7 Å². The monoisotopic (exact) mass is 468 g/mol. The summed E-state index contributed by atoms with van der Waals surface area (Å²) in [6.45, 7) is 0. The lowest BCUT2D eigenvalue weighted by molar-refractivity contribution is 0.828. The fraction of sp³-hybridized carbons (Fsp3) is 0. The molecular formula is C25H17BrN4O. The summed E-state index contributed by atoms with van der Waals surface area (Å²) in [6, 6.07) is 28.9. The van der Waals surface area contributed by atoms with Gasteiger partial charge in [0, 0.05) is 21.9 Å². The van der Waals surface area contributed by atoms with Gasteiger partial charge in [-0.05, 0) is 48.5 Å². The molecule has 0 unspecified atom stereocenters. The third-order valence-corrected chi connectivity index (χ3v) is 5.51. The summed E-state index contributed by atoms with van der Waals surface area (Å²) in [5.41, 5.74) is 3.12. The van der Waals surface area contributed by atoms with E-state index in [2.05, 4.69) is 21.0 Å². The van der Waals surface area contributed by atoms with Crippen LogP contribution in [0.1, 0.15) is 5.69 Å². The molecule has 0 aliphatic heterocycles. The van der Waals surface area contributed by atoms with Crippen LogP contribution in [0.5, 0.6) is 0 Å². The highest BCUT2D eigenvalue weighted by molar-refractivity contribution is 9.10. The van der Waals surface area contributed by atoms with E-state index in [1.165, 1.54) is 4.68 Å². The summed E-state index contributed by atoms with van der Waals surface area (Å²) in [7, 11) is 0. The molecule has 0 saturated heterocycles. The van der Waals surface area contributed by atoms with Crippen LogP contribution in [0, 0.1) is 0 Å². The molecule has 0 radical (unpaired) electrons. The highest BCUT2D eigenvalue weighted by Crippen LogP contribution is 2.19. The van der Waals surface area contributed by atoms with Crippen molar-refractivity contribution in [1.82, 2.24) is 14.2 Å². The lowest BCUT2D eigenvalue weighted by Crippen LogP contribution is -2.20. The molecule has 150 valence electrons. The second kappa shape index (κ2) is 8.16. The predicted molar refractivity (Wildman–Crippen MR) is 128 cm³/mol. The van der Waals surface area contributed by atoms with Gasteiger partial charge in [-0.15, -0.1) is 0 Å². The van der Waals surface area contributed by atoms with Crippen LogP contribution in [0.4, 0.5) is 0 Å². The van der Waals surface area contributed by atoms with E-state index in [-0.39, 0.29) is 5.56 Å². The number of aromatic nitrogens is 3. The van der Waals surface area contributed by atoms with Crippen molar-refractivity contribution in [3.63, 3.8) is 0 Å². The molecule has 0 amide bonds. The molecule has 0 saturated carbocycles. The van der Waals surface area contributed by atoms with E-state index in [0.29, 0.717) is 16.7 Å². The van der Waals surface area contributed by atoms with Crippen LogP contribution in [-0.4, -0.2) is 20.4 Å². The second-order valence-corrected chi connectivity index (χ2v) is 7.88. The Morgan fingerprint density at radius 3 is 2.39 bits per heavy atom.